The predicted octanol–water partition coefficient (Wildman–Crippen LogP) is 2.35. The second-order valence-electron chi connectivity index (χ2n) is 6.92. The van der Waals surface area contributed by atoms with Crippen molar-refractivity contribution in [3.8, 4) is 11.5 Å². The molecule has 134 valence electrons. The van der Waals surface area contributed by atoms with Crippen LogP contribution in [0.2, 0.25) is 0 Å². The molecule has 2 N–H and O–H groups in total. The van der Waals surface area contributed by atoms with Gasteiger partial charge in [0.05, 0.1) is 18.2 Å². The van der Waals surface area contributed by atoms with E-state index in [1.54, 1.807) is 19.1 Å². The summed E-state index contributed by atoms with van der Waals surface area (Å²) in [4.78, 5) is 12.7. The Morgan fingerprint density at radius 2 is 1.88 bits per heavy atom. The topological polar surface area (TPSA) is 80.9 Å². The van der Waals surface area contributed by atoms with E-state index in [0.717, 1.165) is 5.56 Å². The summed E-state index contributed by atoms with van der Waals surface area (Å²) in [5, 5.41) is 13.3. The molecule has 1 amide bonds. The van der Waals surface area contributed by atoms with Crippen LogP contribution < -0.4 is 14.8 Å². The van der Waals surface area contributed by atoms with E-state index >= 15 is 0 Å². The molecule has 1 unspecified atom stereocenters. The van der Waals surface area contributed by atoms with Crippen LogP contribution in [0, 0.1) is 0 Å². The number of amides is 1. The first-order chi connectivity index (χ1) is 11.8. The number of rotatable bonds is 5. The molecule has 1 atom stereocenters. The SMILES string of the molecule is CC(O)(CNC(=O)C(C)(C)c1ccc2c(c1)OCCO2)c1ccco1. The molecule has 0 radical (unpaired) electrons. The maximum absolute atomic E-state index is 12.7. The van der Waals surface area contributed by atoms with E-state index in [1.807, 2.05) is 32.0 Å². The highest BCUT2D eigenvalue weighted by atomic mass is 16.6. The lowest BCUT2D eigenvalue weighted by Gasteiger charge is -2.28. The Morgan fingerprint density at radius 1 is 1.16 bits per heavy atom. The Kier molecular flexibility index (Phi) is 4.47. The lowest BCUT2D eigenvalue weighted by Crippen LogP contribution is -2.45. The van der Waals surface area contributed by atoms with Gasteiger partial charge in [0.25, 0.3) is 0 Å². The summed E-state index contributed by atoms with van der Waals surface area (Å²) in [5.74, 6) is 1.54. The first-order valence-electron chi connectivity index (χ1n) is 8.25. The molecular formula is C19H23NO5. The molecule has 0 saturated carbocycles. The number of aliphatic hydroxyl groups is 1. The van der Waals surface area contributed by atoms with Crippen LogP contribution in [0.3, 0.4) is 0 Å². The highest BCUT2D eigenvalue weighted by Gasteiger charge is 2.34. The van der Waals surface area contributed by atoms with Crippen molar-refractivity contribution >= 4 is 5.91 Å². The molecule has 2 heterocycles. The third-order valence-electron chi connectivity index (χ3n) is 4.48. The van der Waals surface area contributed by atoms with E-state index in [1.165, 1.54) is 6.26 Å². The summed E-state index contributed by atoms with van der Waals surface area (Å²) in [6, 6.07) is 8.89. The molecule has 0 aliphatic carbocycles. The number of nitrogens with one attached hydrogen (secondary N) is 1. The first-order valence-corrected chi connectivity index (χ1v) is 8.25. The minimum absolute atomic E-state index is 0.0489. The van der Waals surface area contributed by atoms with Crippen LogP contribution in [0.25, 0.3) is 0 Å². The molecule has 1 aliphatic heterocycles. The van der Waals surface area contributed by atoms with Crippen molar-refractivity contribution < 1.29 is 23.8 Å². The Balaban J connectivity index is 1.72. The van der Waals surface area contributed by atoms with Crippen molar-refractivity contribution in [3.05, 3.63) is 47.9 Å². The number of carbonyl (C=O) groups excluding carboxylic acids is 1. The third-order valence-corrected chi connectivity index (χ3v) is 4.48. The third kappa shape index (κ3) is 3.49. The molecule has 1 aliphatic rings. The maximum Gasteiger partial charge on any atom is 0.230 e. The molecule has 6 nitrogen and oxygen atoms in total. The number of carbonyl (C=O) groups is 1. The smallest absolute Gasteiger partial charge is 0.230 e. The Labute approximate surface area is 146 Å². The predicted molar refractivity (Wildman–Crippen MR) is 91.7 cm³/mol. The van der Waals surface area contributed by atoms with Gasteiger partial charge in [0, 0.05) is 0 Å². The van der Waals surface area contributed by atoms with Gasteiger partial charge in [-0.15, -0.1) is 0 Å². The van der Waals surface area contributed by atoms with E-state index in [2.05, 4.69) is 5.32 Å². The monoisotopic (exact) mass is 345 g/mol. The van der Waals surface area contributed by atoms with Crippen LogP contribution in [0.1, 0.15) is 32.1 Å². The molecule has 6 heteroatoms. The minimum atomic E-state index is -1.28. The van der Waals surface area contributed by atoms with E-state index in [4.69, 9.17) is 13.9 Å². The molecule has 25 heavy (non-hydrogen) atoms. The van der Waals surface area contributed by atoms with Crippen molar-refractivity contribution in [1.82, 2.24) is 5.32 Å². The average Bonchev–Trinajstić information content (AvgIpc) is 3.15. The van der Waals surface area contributed by atoms with Gasteiger partial charge in [0.2, 0.25) is 5.91 Å². The van der Waals surface area contributed by atoms with Crippen molar-refractivity contribution in [1.29, 1.82) is 0 Å². The Bertz CT molecular complexity index is 749. The van der Waals surface area contributed by atoms with E-state index < -0.39 is 11.0 Å². The fourth-order valence-electron chi connectivity index (χ4n) is 2.71. The van der Waals surface area contributed by atoms with Gasteiger partial charge in [-0.1, -0.05) is 6.07 Å². The van der Waals surface area contributed by atoms with Crippen molar-refractivity contribution in [3.63, 3.8) is 0 Å². The molecule has 0 bridgehead atoms. The van der Waals surface area contributed by atoms with Crippen LogP contribution in [0.15, 0.2) is 41.0 Å². The van der Waals surface area contributed by atoms with Crippen LogP contribution in [-0.2, 0) is 15.8 Å². The van der Waals surface area contributed by atoms with Gasteiger partial charge >= 0.3 is 0 Å². The number of hydrogen-bond donors (Lipinski definition) is 2. The number of benzene rings is 1. The quantitative estimate of drug-likeness (QED) is 0.869. The minimum Gasteiger partial charge on any atom is -0.486 e. The summed E-state index contributed by atoms with van der Waals surface area (Å²) in [7, 11) is 0. The van der Waals surface area contributed by atoms with E-state index in [-0.39, 0.29) is 12.5 Å². The lowest BCUT2D eigenvalue weighted by atomic mass is 9.83. The van der Waals surface area contributed by atoms with Crippen molar-refractivity contribution in [2.45, 2.75) is 31.8 Å². The summed E-state index contributed by atoms with van der Waals surface area (Å²) in [6.07, 6.45) is 1.49. The van der Waals surface area contributed by atoms with Gasteiger partial charge in [0.15, 0.2) is 11.5 Å². The standard InChI is InChI=1S/C19H23NO5/c1-18(2,13-6-7-14-15(11-13)24-10-9-23-14)17(21)20-12-19(3,22)16-5-4-8-25-16/h4-8,11,22H,9-10,12H2,1-3H3,(H,20,21). The van der Waals surface area contributed by atoms with Gasteiger partial charge in [-0.3, -0.25) is 4.79 Å². The van der Waals surface area contributed by atoms with Gasteiger partial charge in [-0.25, -0.2) is 0 Å². The highest BCUT2D eigenvalue weighted by Crippen LogP contribution is 2.35. The lowest BCUT2D eigenvalue weighted by molar-refractivity contribution is -0.127. The second-order valence-corrected chi connectivity index (χ2v) is 6.92. The number of furan rings is 1. The molecule has 0 fully saturated rings. The summed E-state index contributed by atoms with van der Waals surface area (Å²) in [5.41, 5.74) is -1.26. The zero-order chi connectivity index (χ0) is 18.1. The van der Waals surface area contributed by atoms with Crippen molar-refractivity contribution in [2.75, 3.05) is 19.8 Å². The molecule has 3 rings (SSSR count). The van der Waals surface area contributed by atoms with Gasteiger partial charge in [0.1, 0.15) is 24.6 Å². The normalized spacial score (nSPS) is 16.2. The number of hydrogen-bond acceptors (Lipinski definition) is 5. The zero-order valence-corrected chi connectivity index (χ0v) is 14.7. The maximum atomic E-state index is 12.7. The Morgan fingerprint density at radius 3 is 2.56 bits per heavy atom. The number of fused-ring (bicyclic) bond motifs is 1. The fraction of sp³-hybridized carbons (Fsp3) is 0.421. The molecular weight excluding hydrogens is 322 g/mol. The van der Waals surface area contributed by atoms with Crippen LogP contribution in [-0.4, -0.2) is 30.8 Å². The summed E-state index contributed by atoms with van der Waals surface area (Å²) >= 11 is 0. The second kappa shape index (κ2) is 6.44. The molecule has 2 aromatic rings. The first kappa shape index (κ1) is 17.4. The summed E-state index contributed by atoms with van der Waals surface area (Å²) < 4.78 is 16.3. The van der Waals surface area contributed by atoms with Crippen molar-refractivity contribution in [2.24, 2.45) is 0 Å². The molecule has 0 spiro atoms. The fourth-order valence-corrected chi connectivity index (χ4v) is 2.71. The largest absolute Gasteiger partial charge is 0.486 e. The molecule has 1 aromatic carbocycles. The van der Waals surface area contributed by atoms with E-state index in [9.17, 15) is 9.90 Å². The van der Waals surface area contributed by atoms with Crippen LogP contribution in [0.4, 0.5) is 0 Å². The summed E-state index contributed by atoms with van der Waals surface area (Å²) in [6.45, 7) is 6.33. The van der Waals surface area contributed by atoms with Gasteiger partial charge < -0.3 is 24.3 Å². The van der Waals surface area contributed by atoms with E-state index in [0.29, 0.717) is 30.5 Å². The number of ether oxygens (including phenoxy) is 2. The molecule has 0 saturated heterocycles. The van der Waals surface area contributed by atoms with Gasteiger partial charge in [-0.2, -0.15) is 0 Å². The van der Waals surface area contributed by atoms with Crippen LogP contribution >= 0.6 is 0 Å². The zero-order valence-electron chi connectivity index (χ0n) is 14.7. The highest BCUT2D eigenvalue weighted by molar-refractivity contribution is 5.87. The Hall–Kier alpha value is -2.47. The molecule has 1 aromatic heterocycles. The van der Waals surface area contributed by atoms with Gasteiger partial charge in [-0.05, 0) is 50.6 Å². The average molecular weight is 345 g/mol. The van der Waals surface area contributed by atoms with Crippen LogP contribution in [0.5, 0.6) is 11.5 Å².